The van der Waals surface area contributed by atoms with Gasteiger partial charge in [-0.05, 0) is 24.8 Å². The molecule has 1 aromatic rings. The van der Waals surface area contributed by atoms with Crippen LogP contribution in [-0.4, -0.2) is 42.5 Å². The highest BCUT2D eigenvalue weighted by Gasteiger charge is 2.29. The monoisotopic (exact) mass is 291 g/mol. The molecule has 2 aliphatic rings. The summed E-state index contributed by atoms with van der Waals surface area (Å²) in [5.74, 6) is 1.53. The molecule has 1 saturated heterocycles. The zero-order chi connectivity index (χ0) is 14.5. The maximum atomic E-state index is 6.00. The zero-order valence-electron chi connectivity index (χ0n) is 12.8. The first-order valence-corrected chi connectivity index (χ1v) is 7.90. The van der Waals surface area contributed by atoms with Gasteiger partial charge in [0.05, 0.1) is 13.2 Å². The molecule has 0 radical (unpaired) electrons. The molecule has 0 spiro atoms. The summed E-state index contributed by atoms with van der Waals surface area (Å²) >= 11 is 0. The molecule has 5 heteroatoms. The van der Waals surface area contributed by atoms with Crippen molar-refractivity contribution in [1.82, 2.24) is 14.9 Å². The summed E-state index contributed by atoms with van der Waals surface area (Å²) < 4.78 is 13.5. The van der Waals surface area contributed by atoms with Gasteiger partial charge in [0.1, 0.15) is 11.9 Å². The Morgan fingerprint density at radius 3 is 3.14 bits per heavy atom. The van der Waals surface area contributed by atoms with Gasteiger partial charge in [0.15, 0.2) is 0 Å². The number of hydrogen-bond acceptors (Lipinski definition) is 4. The van der Waals surface area contributed by atoms with Crippen molar-refractivity contribution in [3.05, 3.63) is 29.9 Å². The number of imidazole rings is 1. The van der Waals surface area contributed by atoms with Crippen LogP contribution < -0.4 is 5.32 Å². The Hall–Kier alpha value is -1.17. The first-order valence-electron chi connectivity index (χ1n) is 7.90. The van der Waals surface area contributed by atoms with E-state index in [9.17, 15) is 0 Å². The van der Waals surface area contributed by atoms with E-state index < -0.39 is 0 Å². The van der Waals surface area contributed by atoms with Crippen LogP contribution in [0.1, 0.15) is 31.2 Å². The molecule has 0 aromatic carbocycles. The van der Waals surface area contributed by atoms with Crippen molar-refractivity contribution in [2.75, 3.05) is 32.9 Å². The normalized spacial score (nSPS) is 26.6. The molecule has 116 valence electrons. The quantitative estimate of drug-likeness (QED) is 0.841. The maximum absolute atomic E-state index is 6.00. The summed E-state index contributed by atoms with van der Waals surface area (Å²) in [4.78, 5) is 4.47. The van der Waals surface area contributed by atoms with Crippen molar-refractivity contribution < 1.29 is 9.47 Å². The molecule has 5 nitrogen and oxygen atoms in total. The lowest BCUT2D eigenvalue weighted by atomic mass is 9.93. The van der Waals surface area contributed by atoms with Gasteiger partial charge >= 0.3 is 0 Å². The lowest BCUT2D eigenvalue weighted by molar-refractivity contribution is -0.0341. The molecule has 0 aliphatic carbocycles. The van der Waals surface area contributed by atoms with Crippen LogP contribution in [0.4, 0.5) is 0 Å². The van der Waals surface area contributed by atoms with E-state index in [-0.39, 0.29) is 6.10 Å². The number of ether oxygens (including phenoxy) is 2. The Kier molecular flexibility index (Phi) is 5.06. The molecule has 1 fully saturated rings. The molecule has 0 saturated carbocycles. The summed E-state index contributed by atoms with van der Waals surface area (Å²) in [6.07, 6.45) is 9.62. The Balaban J connectivity index is 1.55. The summed E-state index contributed by atoms with van der Waals surface area (Å²) in [5.41, 5.74) is 1.37. The van der Waals surface area contributed by atoms with Crippen LogP contribution in [0.15, 0.2) is 24.0 Å². The van der Waals surface area contributed by atoms with Gasteiger partial charge in [0, 0.05) is 45.1 Å². The van der Waals surface area contributed by atoms with E-state index >= 15 is 0 Å². The van der Waals surface area contributed by atoms with E-state index in [4.69, 9.17) is 9.47 Å². The zero-order valence-corrected chi connectivity index (χ0v) is 12.8. The van der Waals surface area contributed by atoms with Crippen LogP contribution in [0.25, 0.3) is 0 Å². The van der Waals surface area contributed by atoms with Crippen LogP contribution in [0.2, 0.25) is 0 Å². The summed E-state index contributed by atoms with van der Waals surface area (Å²) in [6.45, 7) is 4.36. The van der Waals surface area contributed by atoms with Crippen LogP contribution in [0.5, 0.6) is 0 Å². The van der Waals surface area contributed by atoms with Crippen LogP contribution in [-0.2, 0) is 16.5 Å². The predicted octanol–water partition coefficient (Wildman–Crippen LogP) is 1.82. The maximum Gasteiger partial charge on any atom is 0.137 e. The number of nitrogens with one attached hydrogen (secondary N) is 1. The molecule has 2 atom stereocenters. The summed E-state index contributed by atoms with van der Waals surface area (Å²) in [5, 5.41) is 3.57. The molecule has 3 rings (SSSR count). The fourth-order valence-corrected chi connectivity index (χ4v) is 3.14. The molecule has 0 bridgehead atoms. The second-order valence-corrected chi connectivity index (χ2v) is 5.92. The highest BCUT2D eigenvalue weighted by atomic mass is 16.5. The van der Waals surface area contributed by atoms with Crippen molar-refractivity contribution in [2.45, 2.75) is 25.4 Å². The topological polar surface area (TPSA) is 48.3 Å². The Bertz CT molecular complexity index is 484. The predicted molar refractivity (Wildman–Crippen MR) is 81.0 cm³/mol. The molecule has 3 heterocycles. The third-order valence-corrected chi connectivity index (χ3v) is 4.30. The van der Waals surface area contributed by atoms with Gasteiger partial charge in [-0.15, -0.1) is 0 Å². The first kappa shape index (κ1) is 14.8. The van der Waals surface area contributed by atoms with Crippen molar-refractivity contribution in [2.24, 2.45) is 13.0 Å². The SMILES string of the molecule is Cn1ccnc1[C@@H]1OCCC[C@H]1CNCC1=CCCOC1. The first-order chi connectivity index (χ1) is 10.3. The number of nitrogens with zero attached hydrogens (tertiary/aromatic N) is 2. The molecule has 0 amide bonds. The lowest BCUT2D eigenvalue weighted by Gasteiger charge is -2.31. The third-order valence-electron chi connectivity index (χ3n) is 4.30. The Morgan fingerprint density at radius 1 is 1.43 bits per heavy atom. The average Bonchev–Trinajstić information content (AvgIpc) is 2.95. The smallest absolute Gasteiger partial charge is 0.137 e. The van der Waals surface area contributed by atoms with Crippen LogP contribution >= 0.6 is 0 Å². The van der Waals surface area contributed by atoms with Crippen LogP contribution in [0.3, 0.4) is 0 Å². The molecule has 1 N–H and O–H groups in total. The minimum Gasteiger partial charge on any atom is -0.377 e. The van der Waals surface area contributed by atoms with Gasteiger partial charge in [-0.1, -0.05) is 6.08 Å². The van der Waals surface area contributed by atoms with E-state index in [0.29, 0.717) is 5.92 Å². The highest BCUT2D eigenvalue weighted by Crippen LogP contribution is 2.32. The Morgan fingerprint density at radius 2 is 2.38 bits per heavy atom. The van der Waals surface area contributed by atoms with E-state index in [0.717, 1.165) is 51.6 Å². The van der Waals surface area contributed by atoms with E-state index in [2.05, 4.69) is 20.9 Å². The van der Waals surface area contributed by atoms with Gasteiger partial charge in [-0.2, -0.15) is 0 Å². The van der Waals surface area contributed by atoms with E-state index in [1.165, 1.54) is 12.0 Å². The second-order valence-electron chi connectivity index (χ2n) is 5.92. The summed E-state index contributed by atoms with van der Waals surface area (Å²) in [7, 11) is 2.04. The van der Waals surface area contributed by atoms with Crippen molar-refractivity contribution >= 4 is 0 Å². The van der Waals surface area contributed by atoms with Gasteiger partial charge in [-0.3, -0.25) is 0 Å². The fraction of sp³-hybridized carbons (Fsp3) is 0.688. The fourth-order valence-electron chi connectivity index (χ4n) is 3.14. The van der Waals surface area contributed by atoms with Gasteiger partial charge in [0.25, 0.3) is 0 Å². The third kappa shape index (κ3) is 3.73. The lowest BCUT2D eigenvalue weighted by Crippen LogP contribution is -2.34. The highest BCUT2D eigenvalue weighted by molar-refractivity contribution is 5.07. The van der Waals surface area contributed by atoms with Crippen molar-refractivity contribution in [3.8, 4) is 0 Å². The molecular formula is C16H25N3O2. The van der Waals surface area contributed by atoms with Crippen molar-refractivity contribution in [3.63, 3.8) is 0 Å². The molecule has 2 aliphatic heterocycles. The second kappa shape index (κ2) is 7.20. The average molecular weight is 291 g/mol. The van der Waals surface area contributed by atoms with Gasteiger partial charge < -0.3 is 19.4 Å². The van der Waals surface area contributed by atoms with Gasteiger partial charge in [0.2, 0.25) is 0 Å². The number of hydrogen-bond donors (Lipinski definition) is 1. The molecule has 0 unspecified atom stereocenters. The molecular weight excluding hydrogens is 266 g/mol. The molecule has 1 aromatic heterocycles. The molecule has 21 heavy (non-hydrogen) atoms. The Labute approximate surface area is 126 Å². The largest absolute Gasteiger partial charge is 0.377 e. The summed E-state index contributed by atoms with van der Waals surface area (Å²) in [6, 6.07) is 0. The van der Waals surface area contributed by atoms with Gasteiger partial charge in [-0.25, -0.2) is 4.98 Å². The number of aromatic nitrogens is 2. The standard InChI is InChI=1S/C16H25N3O2/c1-19-7-6-18-16(19)15-14(5-3-9-21-15)11-17-10-13-4-2-8-20-12-13/h4,6-7,14-15,17H,2-3,5,8-12H2,1H3/t14-,15+/m0/s1. The minimum atomic E-state index is 0.114. The minimum absolute atomic E-state index is 0.114. The van der Waals surface area contributed by atoms with Crippen LogP contribution in [0, 0.1) is 5.92 Å². The van der Waals surface area contributed by atoms with E-state index in [1.807, 2.05) is 19.4 Å². The van der Waals surface area contributed by atoms with E-state index in [1.54, 1.807) is 0 Å². The van der Waals surface area contributed by atoms with Crippen molar-refractivity contribution in [1.29, 1.82) is 0 Å². The number of aryl methyl sites for hydroxylation is 1. The number of rotatable bonds is 5.